The predicted molar refractivity (Wildman–Crippen MR) is 38.1 cm³/mol. The van der Waals surface area contributed by atoms with Crippen molar-refractivity contribution < 1.29 is 10.2 Å². The first kappa shape index (κ1) is 9.50. The standard InChI is InChI=1S/C5H10Cl2O2/c6-2-4(8)1-5(9)3-7/h4-5,8-9H,1-3H2/t4-,5-/m0/s1. The number of alkyl halides is 2. The second-order valence-electron chi connectivity index (χ2n) is 1.85. The zero-order chi connectivity index (χ0) is 7.28. The minimum atomic E-state index is -0.639. The maximum absolute atomic E-state index is 8.81. The fraction of sp³-hybridized carbons (Fsp3) is 1.00. The Balaban J connectivity index is 3.22. The van der Waals surface area contributed by atoms with Crippen molar-refractivity contribution in [2.24, 2.45) is 0 Å². The molecule has 0 spiro atoms. The molecule has 56 valence electrons. The van der Waals surface area contributed by atoms with E-state index in [2.05, 4.69) is 0 Å². The molecular weight excluding hydrogens is 163 g/mol. The molecule has 0 rings (SSSR count). The van der Waals surface area contributed by atoms with E-state index in [1.807, 2.05) is 0 Å². The van der Waals surface area contributed by atoms with Gasteiger partial charge < -0.3 is 10.2 Å². The third-order valence-corrected chi connectivity index (χ3v) is 1.61. The summed E-state index contributed by atoms with van der Waals surface area (Å²) in [6, 6.07) is 0. The van der Waals surface area contributed by atoms with Crippen LogP contribution in [0.25, 0.3) is 0 Å². The number of hydrogen-bond acceptors (Lipinski definition) is 2. The predicted octanol–water partition coefficient (Wildman–Crippen LogP) is 0.576. The third-order valence-electron chi connectivity index (χ3n) is 0.900. The van der Waals surface area contributed by atoms with E-state index in [1.165, 1.54) is 0 Å². The van der Waals surface area contributed by atoms with Gasteiger partial charge in [0.2, 0.25) is 0 Å². The Morgan fingerprint density at radius 2 is 1.33 bits per heavy atom. The highest BCUT2D eigenvalue weighted by atomic mass is 35.5. The minimum Gasteiger partial charge on any atom is -0.392 e. The van der Waals surface area contributed by atoms with Crippen molar-refractivity contribution >= 4 is 23.2 Å². The van der Waals surface area contributed by atoms with Crippen molar-refractivity contribution in [1.82, 2.24) is 0 Å². The molecular formula is C5H10Cl2O2. The summed E-state index contributed by atoms with van der Waals surface area (Å²) < 4.78 is 0. The van der Waals surface area contributed by atoms with Gasteiger partial charge in [0.1, 0.15) is 0 Å². The van der Waals surface area contributed by atoms with Gasteiger partial charge in [0.25, 0.3) is 0 Å². The second kappa shape index (κ2) is 5.30. The lowest BCUT2D eigenvalue weighted by atomic mass is 10.2. The van der Waals surface area contributed by atoms with Gasteiger partial charge in [0.05, 0.1) is 12.2 Å². The topological polar surface area (TPSA) is 40.5 Å². The van der Waals surface area contributed by atoms with E-state index in [-0.39, 0.29) is 18.2 Å². The van der Waals surface area contributed by atoms with E-state index in [9.17, 15) is 0 Å². The van der Waals surface area contributed by atoms with Crippen LogP contribution in [0.1, 0.15) is 6.42 Å². The van der Waals surface area contributed by atoms with E-state index >= 15 is 0 Å². The quantitative estimate of drug-likeness (QED) is 0.610. The van der Waals surface area contributed by atoms with Gasteiger partial charge in [-0.05, 0) is 0 Å². The molecule has 2 N–H and O–H groups in total. The summed E-state index contributed by atoms with van der Waals surface area (Å²) >= 11 is 10.5. The van der Waals surface area contributed by atoms with Gasteiger partial charge in [-0.25, -0.2) is 0 Å². The molecule has 0 aliphatic heterocycles. The maximum atomic E-state index is 8.81. The Kier molecular flexibility index (Phi) is 5.59. The fourth-order valence-corrected chi connectivity index (χ4v) is 0.692. The molecule has 0 bridgehead atoms. The highest BCUT2D eigenvalue weighted by molar-refractivity contribution is 6.18. The van der Waals surface area contributed by atoms with Gasteiger partial charge >= 0.3 is 0 Å². The van der Waals surface area contributed by atoms with E-state index in [4.69, 9.17) is 33.4 Å². The number of aliphatic hydroxyl groups is 2. The summed E-state index contributed by atoms with van der Waals surface area (Å²) in [5, 5.41) is 17.6. The van der Waals surface area contributed by atoms with E-state index in [0.717, 1.165) is 0 Å². The average Bonchev–Trinajstić information content (AvgIpc) is 1.87. The number of hydrogen-bond donors (Lipinski definition) is 2. The molecule has 2 nitrogen and oxygen atoms in total. The van der Waals surface area contributed by atoms with E-state index in [1.54, 1.807) is 0 Å². The van der Waals surface area contributed by atoms with Gasteiger partial charge in [0.15, 0.2) is 0 Å². The zero-order valence-electron chi connectivity index (χ0n) is 4.93. The monoisotopic (exact) mass is 172 g/mol. The summed E-state index contributed by atoms with van der Waals surface area (Å²) in [4.78, 5) is 0. The molecule has 9 heavy (non-hydrogen) atoms. The molecule has 0 radical (unpaired) electrons. The van der Waals surface area contributed by atoms with Crippen molar-refractivity contribution in [1.29, 1.82) is 0 Å². The summed E-state index contributed by atoms with van der Waals surface area (Å²) in [7, 11) is 0. The van der Waals surface area contributed by atoms with Gasteiger partial charge in [-0.1, -0.05) is 0 Å². The normalized spacial score (nSPS) is 17.3. The van der Waals surface area contributed by atoms with Crippen molar-refractivity contribution in [3.63, 3.8) is 0 Å². The summed E-state index contributed by atoms with van der Waals surface area (Å²) in [6.45, 7) is 0. The Morgan fingerprint density at radius 1 is 1.00 bits per heavy atom. The van der Waals surface area contributed by atoms with Crippen LogP contribution in [0.2, 0.25) is 0 Å². The molecule has 0 aromatic carbocycles. The van der Waals surface area contributed by atoms with Gasteiger partial charge in [-0.2, -0.15) is 0 Å². The Morgan fingerprint density at radius 3 is 1.56 bits per heavy atom. The molecule has 2 atom stereocenters. The molecule has 0 saturated carbocycles. The van der Waals surface area contributed by atoms with Crippen molar-refractivity contribution in [3.05, 3.63) is 0 Å². The first-order valence-corrected chi connectivity index (χ1v) is 3.75. The largest absolute Gasteiger partial charge is 0.392 e. The molecule has 0 fully saturated rings. The molecule has 0 unspecified atom stereocenters. The van der Waals surface area contributed by atoms with E-state index in [0.29, 0.717) is 0 Å². The Labute approximate surface area is 64.4 Å². The van der Waals surface area contributed by atoms with Gasteiger partial charge in [-0.15, -0.1) is 23.2 Å². The van der Waals surface area contributed by atoms with Crippen molar-refractivity contribution in [2.45, 2.75) is 18.6 Å². The van der Waals surface area contributed by atoms with Crippen LogP contribution in [0.4, 0.5) is 0 Å². The highest BCUT2D eigenvalue weighted by Gasteiger charge is 2.08. The van der Waals surface area contributed by atoms with Crippen LogP contribution in [0.3, 0.4) is 0 Å². The first-order chi connectivity index (χ1) is 4.20. The van der Waals surface area contributed by atoms with Crippen LogP contribution in [0, 0.1) is 0 Å². The number of halogens is 2. The SMILES string of the molecule is O[C@H](CCl)C[C@H](O)CCl. The average molecular weight is 173 g/mol. The highest BCUT2D eigenvalue weighted by Crippen LogP contribution is 2.01. The maximum Gasteiger partial charge on any atom is 0.0700 e. The summed E-state index contributed by atoms with van der Waals surface area (Å²) in [5.41, 5.74) is 0. The lowest BCUT2D eigenvalue weighted by Crippen LogP contribution is -2.19. The molecule has 0 heterocycles. The van der Waals surface area contributed by atoms with Crippen molar-refractivity contribution in [3.8, 4) is 0 Å². The number of rotatable bonds is 4. The molecule has 4 heteroatoms. The van der Waals surface area contributed by atoms with Crippen molar-refractivity contribution in [2.75, 3.05) is 11.8 Å². The summed E-state index contributed by atoms with van der Waals surface area (Å²) in [5.74, 6) is 0.294. The van der Waals surface area contributed by atoms with Crippen LogP contribution in [0.5, 0.6) is 0 Å². The van der Waals surface area contributed by atoms with Crippen LogP contribution in [-0.2, 0) is 0 Å². The molecule has 0 aliphatic rings. The van der Waals surface area contributed by atoms with Gasteiger partial charge in [0, 0.05) is 18.2 Å². The third kappa shape index (κ3) is 4.97. The Bertz CT molecular complexity index is 62.0. The Hall–Kier alpha value is 0.500. The second-order valence-corrected chi connectivity index (χ2v) is 2.47. The smallest absolute Gasteiger partial charge is 0.0700 e. The van der Waals surface area contributed by atoms with Gasteiger partial charge in [-0.3, -0.25) is 0 Å². The molecule has 0 aromatic heterocycles. The number of aliphatic hydroxyl groups excluding tert-OH is 2. The summed E-state index contributed by atoms with van der Waals surface area (Å²) in [6.07, 6.45) is -1.02. The fourth-order valence-electron chi connectivity index (χ4n) is 0.440. The lowest BCUT2D eigenvalue weighted by Gasteiger charge is -2.09. The van der Waals surface area contributed by atoms with Crippen LogP contribution >= 0.6 is 23.2 Å². The minimum absolute atomic E-state index is 0.147. The van der Waals surface area contributed by atoms with E-state index < -0.39 is 12.2 Å². The van der Waals surface area contributed by atoms with Crippen LogP contribution in [0.15, 0.2) is 0 Å². The first-order valence-electron chi connectivity index (χ1n) is 2.68. The molecule has 0 aromatic rings. The lowest BCUT2D eigenvalue weighted by molar-refractivity contribution is 0.105. The molecule has 0 amide bonds. The zero-order valence-corrected chi connectivity index (χ0v) is 6.44. The van der Waals surface area contributed by atoms with Crippen LogP contribution in [-0.4, -0.2) is 34.2 Å². The molecule has 0 saturated heterocycles. The molecule has 0 aliphatic carbocycles. The van der Waals surface area contributed by atoms with Crippen LogP contribution < -0.4 is 0 Å².